The molecule has 0 bridgehead atoms. The van der Waals surface area contributed by atoms with Crippen molar-refractivity contribution in [3.8, 4) is 0 Å². The lowest BCUT2D eigenvalue weighted by Crippen LogP contribution is -2.41. The second-order valence-electron chi connectivity index (χ2n) is 4.87. The molecular weight excluding hydrogens is 238 g/mol. The summed E-state index contributed by atoms with van der Waals surface area (Å²) < 4.78 is 0. The largest absolute Gasteiger partial charge is 0.481 e. The summed E-state index contributed by atoms with van der Waals surface area (Å²) in [7, 11) is 0. The Balaban J connectivity index is 2.08. The number of allylic oxidation sites excluding steroid dienone is 2. The van der Waals surface area contributed by atoms with Crippen molar-refractivity contribution < 1.29 is 24.9 Å². The molecule has 3 N–H and O–H groups in total. The molecule has 1 amide bonds. The maximum Gasteiger partial charge on any atom is 0.307 e. The van der Waals surface area contributed by atoms with Gasteiger partial charge in [-0.25, -0.2) is 0 Å². The number of aliphatic hydroxyl groups is 2. The summed E-state index contributed by atoms with van der Waals surface area (Å²) in [5.41, 5.74) is 0. The molecule has 0 aromatic heterocycles. The molecule has 100 valence electrons. The van der Waals surface area contributed by atoms with Crippen molar-refractivity contribution in [2.75, 3.05) is 13.1 Å². The van der Waals surface area contributed by atoms with Crippen molar-refractivity contribution in [2.45, 2.75) is 25.0 Å². The molecular formula is C12H17NO5. The van der Waals surface area contributed by atoms with Crippen LogP contribution in [0.2, 0.25) is 0 Å². The number of rotatable bonds is 2. The standard InChI is InChI=1S/C12H17NO5/c14-9-5-13(6-10(9)15)11(16)7-3-1-2-4-8(7)12(17)18/h1-2,7-10,14-15H,3-6H2,(H,17,18)/t7-,8+,9?,10?/m1/s1. The minimum atomic E-state index is -0.974. The van der Waals surface area contributed by atoms with Crippen LogP contribution in [0, 0.1) is 11.8 Å². The predicted octanol–water partition coefficient (Wildman–Crippen LogP) is -0.783. The summed E-state index contributed by atoms with van der Waals surface area (Å²) in [6.45, 7) is 0.152. The fraction of sp³-hybridized carbons (Fsp3) is 0.667. The third-order valence-electron chi connectivity index (χ3n) is 3.64. The van der Waals surface area contributed by atoms with E-state index in [1.807, 2.05) is 6.08 Å². The molecule has 1 saturated heterocycles. The Kier molecular flexibility index (Phi) is 3.68. The van der Waals surface area contributed by atoms with Crippen LogP contribution in [-0.2, 0) is 9.59 Å². The highest BCUT2D eigenvalue weighted by atomic mass is 16.4. The quantitative estimate of drug-likeness (QED) is 0.562. The molecule has 0 aromatic carbocycles. The Morgan fingerprint density at radius 2 is 1.50 bits per heavy atom. The summed E-state index contributed by atoms with van der Waals surface area (Å²) >= 11 is 0. The molecule has 0 spiro atoms. The van der Waals surface area contributed by atoms with Gasteiger partial charge in [0.05, 0.1) is 24.0 Å². The Morgan fingerprint density at radius 3 is 2.00 bits per heavy atom. The monoisotopic (exact) mass is 255 g/mol. The number of aliphatic hydroxyl groups excluding tert-OH is 2. The molecule has 1 heterocycles. The van der Waals surface area contributed by atoms with Gasteiger partial charge < -0.3 is 20.2 Å². The van der Waals surface area contributed by atoms with E-state index in [0.29, 0.717) is 12.8 Å². The number of hydrogen-bond donors (Lipinski definition) is 3. The van der Waals surface area contributed by atoms with E-state index in [1.165, 1.54) is 4.90 Å². The van der Waals surface area contributed by atoms with Gasteiger partial charge in [0, 0.05) is 13.1 Å². The third kappa shape index (κ3) is 2.39. The summed E-state index contributed by atoms with van der Waals surface area (Å²) in [4.78, 5) is 24.7. The summed E-state index contributed by atoms with van der Waals surface area (Å²) in [6.07, 6.45) is 2.47. The van der Waals surface area contributed by atoms with Crippen molar-refractivity contribution in [1.82, 2.24) is 4.90 Å². The van der Waals surface area contributed by atoms with E-state index in [1.54, 1.807) is 6.08 Å². The zero-order valence-electron chi connectivity index (χ0n) is 9.90. The van der Waals surface area contributed by atoms with Crippen LogP contribution in [-0.4, -0.2) is 57.4 Å². The van der Waals surface area contributed by atoms with Gasteiger partial charge in [-0.05, 0) is 12.8 Å². The average molecular weight is 255 g/mol. The highest BCUT2D eigenvalue weighted by molar-refractivity contribution is 5.85. The van der Waals surface area contributed by atoms with Crippen LogP contribution in [0.25, 0.3) is 0 Å². The number of aliphatic carboxylic acids is 1. The fourth-order valence-corrected chi connectivity index (χ4v) is 2.54. The number of hydrogen-bond acceptors (Lipinski definition) is 4. The van der Waals surface area contributed by atoms with Gasteiger partial charge in [0.15, 0.2) is 0 Å². The number of β-amino-alcohol motifs (C(OH)–C–C–N with tert-alkyl or cyclic N) is 2. The molecule has 2 unspecified atom stereocenters. The molecule has 0 radical (unpaired) electrons. The molecule has 18 heavy (non-hydrogen) atoms. The first-order valence-electron chi connectivity index (χ1n) is 6.03. The van der Waals surface area contributed by atoms with Gasteiger partial charge in [-0.1, -0.05) is 12.2 Å². The van der Waals surface area contributed by atoms with Crippen molar-refractivity contribution in [1.29, 1.82) is 0 Å². The first-order valence-corrected chi connectivity index (χ1v) is 6.03. The SMILES string of the molecule is O=C(O)[C@H]1CC=CC[C@H]1C(=O)N1CC(O)C(O)C1. The Morgan fingerprint density at radius 1 is 1.00 bits per heavy atom. The van der Waals surface area contributed by atoms with Crippen molar-refractivity contribution in [2.24, 2.45) is 11.8 Å². The van der Waals surface area contributed by atoms with Gasteiger partial charge in [0.2, 0.25) is 5.91 Å². The maximum absolute atomic E-state index is 12.2. The fourth-order valence-electron chi connectivity index (χ4n) is 2.54. The zero-order chi connectivity index (χ0) is 13.3. The predicted molar refractivity (Wildman–Crippen MR) is 61.6 cm³/mol. The van der Waals surface area contributed by atoms with Crippen LogP contribution in [0.15, 0.2) is 12.2 Å². The van der Waals surface area contributed by atoms with Crippen LogP contribution < -0.4 is 0 Å². The Bertz CT molecular complexity index is 371. The number of nitrogens with zero attached hydrogens (tertiary/aromatic N) is 1. The number of carbonyl (C=O) groups is 2. The van der Waals surface area contributed by atoms with E-state index in [-0.39, 0.29) is 19.0 Å². The Labute approximate surface area is 105 Å². The number of carboxylic acids is 1. The molecule has 2 aliphatic rings. The van der Waals surface area contributed by atoms with Gasteiger partial charge in [-0.3, -0.25) is 9.59 Å². The van der Waals surface area contributed by atoms with E-state index >= 15 is 0 Å². The third-order valence-corrected chi connectivity index (χ3v) is 3.64. The van der Waals surface area contributed by atoms with Gasteiger partial charge in [0.25, 0.3) is 0 Å². The number of amides is 1. The molecule has 0 aromatic rings. The number of carbonyl (C=O) groups excluding carboxylic acids is 1. The summed E-state index contributed by atoms with van der Waals surface area (Å²) in [6, 6.07) is 0. The molecule has 0 saturated carbocycles. The van der Waals surface area contributed by atoms with Crippen molar-refractivity contribution in [3.05, 3.63) is 12.2 Å². The first-order chi connectivity index (χ1) is 8.50. The number of likely N-dealkylation sites (tertiary alicyclic amines) is 1. The van der Waals surface area contributed by atoms with Gasteiger partial charge >= 0.3 is 5.97 Å². The van der Waals surface area contributed by atoms with Crippen molar-refractivity contribution in [3.63, 3.8) is 0 Å². The van der Waals surface area contributed by atoms with Crippen LogP contribution in [0.5, 0.6) is 0 Å². The van der Waals surface area contributed by atoms with Gasteiger partial charge in [-0.2, -0.15) is 0 Å². The van der Waals surface area contributed by atoms with Gasteiger partial charge in [0.1, 0.15) is 0 Å². The average Bonchev–Trinajstić information content (AvgIpc) is 2.68. The van der Waals surface area contributed by atoms with Gasteiger partial charge in [-0.15, -0.1) is 0 Å². The van der Waals surface area contributed by atoms with E-state index in [2.05, 4.69) is 0 Å². The lowest BCUT2D eigenvalue weighted by atomic mass is 9.82. The molecule has 6 heteroatoms. The van der Waals surface area contributed by atoms with Crippen LogP contribution in [0.4, 0.5) is 0 Å². The molecule has 1 aliphatic carbocycles. The van der Waals surface area contributed by atoms with Crippen LogP contribution in [0.1, 0.15) is 12.8 Å². The van der Waals surface area contributed by atoms with E-state index in [9.17, 15) is 19.8 Å². The summed E-state index contributed by atoms with van der Waals surface area (Å²) in [5.74, 6) is -2.57. The Hall–Kier alpha value is -1.40. The van der Waals surface area contributed by atoms with Crippen LogP contribution in [0.3, 0.4) is 0 Å². The van der Waals surface area contributed by atoms with Crippen LogP contribution >= 0.6 is 0 Å². The second kappa shape index (κ2) is 5.07. The van der Waals surface area contributed by atoms with Crippen molar-refractivity contribution >= 4 is 11.9 Å². The normalized spacial score (nSPS) is 35.8. The highest BCUT2D eigenvalue weighted by Crippen LogP contribution is 2.28. The minimum Gasteiger partial charge on any atom is -0.481 e. The molecule has 1 aliphatic heterocycles. The summed E-state index contributed by atoms with van der Waals surface area (Å²) in [5, 5.41) is 27.9. The van der Waals surface area contributed by atoms with E-state index in [0.717, 1.165) is 0 Å². The first kappa shape index (κ1) is 13.0. The highest BCUT2D eigenvalue weighted by Gasteiger charge is 2.40. The smallest absolute Gasteiger partial charge is 0.307 e. The molecule has 1 fully saturated rings. The molecule has 2 rings (SSSR count). The topological polar surface area (TPSA) is 98.1 Å². The lowest BCUT2D eigenvalue weighted by Gasteiger charge is -2.28. The molecule has 6 nitrogen and oxygen atoms in total. The number of carboxylic acid groups (broad SMARTS) is 1. The van der Waals surface area contributed by atoms with E-state index in [4.69, 9.17) is 5.11 Å². The second-order valence-corrected chi connectivity index (χ2v) is 4.87. The molecule has 4 atom stereocenters. The van der Waals surface area contributed by atoms with E-state index < -0.39 is 30.0 Å². The maximum atomic E-state index is 12.2. The minimum absolute atomic E-state index is 0.0759. The lowest BCUT2D eigenvalue weighted by molar-refractivity contribution is -0.150. The zero-order valence-corrected chi connectivity index (χ0v) is 9.90.